The van der Waals surface area contributed by atoms with Gasteiger partial charge in [-0.15, -0.1) is 0 Å². The largest absolute Gasteiger partial charge is 0.349 e. The van der Waals surface area contributed by atoms with Gasteiger partial charge in [0.25, 0.3) is 0 Å². The molecule has 7 nitrogen and oxygen atoms in total. The number of Topliss-reactive ketones (excluding diaryl/α,β-unsaturated/α-hetero) is 1. The Labute approximate surface area is 232 Å². The van der Waals surface area contributed by atoms with E-state index < -0.39 is 0 Å². The molecule has 0 radical (unpaired) electrons. The molecule has 1 aliphatic carbocycles. The number of H-pyrrole nitrogens is 2. The van der Waals surface area contributed by atoms with E-state index in [2.05, 4.69) is 41.9 Å². The molecule has 208 valence electrons. The number of aromatic amines is 2. The molecule has 4 heterocycles. The SMILES string of the molecule is O=C(c1ccc(CN2CCC3(CC2)CCN(C2CCCCC2)CC3)cc1)C(Cc1ncc[nH]1)Cc1ncc[nH]1. The average molecular weight is 529 g/mol. The van der Waals surface area contributed by atoms with Crippen molar-refractivity contribution in [2.45, 2.75) is 83.2 Å². The molecule has 2 aliphatic heterocycles. The van der Waals surface area contributed by atoms with E-state index >= 15 is 0 Å². The minimum atomic E-state index is -0.212. The van der Waals surface area contributed by atoms with E-state index in [9.17, 15) is 4.79 Å². The molecule has 2 aromatic heterocycles. The second-order valence-electron chi connectivity index (χ2n) is 12.3. The molecule has 6 rings (SSSR count). The molecule has 7 heteroatoms. The Morgan fingerprint density at radius 3 is 2.00 bits per heavy atom. The first-order valence-corrected chi connectivity index (χ1v) is 15.2. The zero-order valence-electron chi connectivity index (χ0n) is 23.3. The first-order valence-electron chi connectivity index (χ1n) is 15.2. The number of carbonyl (C=O) groups excluding carboxylic acids is 1. The third-order valence-corrected chi connectivity index (χ3v) is 9.87. The van der Waals surface area contributed by atoms with Gasteiger partial charge in [-0.2, -0.15) is 0 Å². The summed E-state index contributed by atoms with van der Waals surface area (Å²) < 4.78 is 0. The number of carbonyl (C=O) groups is 1. The fourth-order valence-corrected chi connectivity index (χ4v) is 7.31. The number of piperidine rings is 2. The van der Waals surface area contributed by atoms with Crippen LogP contribution in [0.5, 0.6) is 0 Å². The van der Waals surface area contributed by atoms with Gasteiger partial charge >= 0.3 is 0 Å². The molecular weight excluding hydrogens is 484 g/mol. The number of rotatable bonds is 9. The topological polar surface area (TPSA) is 80.9 Å². The number of nitrogens with one attached hydrogen (secondary N) is 2. The van der Waals surface area contributed by atoms with E-state index in [1.807, 2.05) is 12.1 Å². The third-order valence-electron chi connectivity index (χ3n) is 9.87. The first kappa shape index (κ1) is 26.5. The zero-order chi connectivity index (χ0) is 26.5. The summed E-state index contributed by atoms with van der Waals surface area (Å²) in [4.78, 5) is 33.9. The normalized spacial score (nSPS) is 21.1. The number of aromatic nitrogens is 4. The highest BCUT2D eigenvalue weighted by Crippen LogP contribution is 2.42. The molecule has 3 fully saturated rings. The van der Waals surface area contributed by atoms with Crippen molar-refractivity contribution in [3.05, 3.63) is 71.8 Å². The number of ketones is 1. The smallest absolute Gasteiger partial charge is 0.166 e. The Balaban J connectivity index is 1.01. The quantitative estimate of drug-likeness (QED) is 0.362. The first-order chi connectivity index (χ1) is 19.2. The molecule has 2 N–H and O–H groups in total. The summed E-state index contributed by atoms with van der Waals surface area (Å²) in [7, 11) is 0. The predicted molar refractivity (Wildman–Crippen MR) is 153 cm³/mol. The van der Waals surface area contributed by atoms with Crippen LogP contribution in [-0.4, -0.2) is 67.7 Å². The van der Waals surface area contributed by atoms with E-state index in [1.54, 1.807) is 24.8 Å². The van der Waals surface area contributed by atoms with Gasteiger partial charge in [-0.3, -0.25) is 9.69 Å². The summed E-state index contributed by atoms with van der Waals surface area (Å²) >= 11 is 0. The highest BCUT2D eigenvalue weighted by Gasteiger charge is 2.39. The van der Waals surface area contributed by atoms with Crippen LogP contribution in [0.15, 0.2) is 49.1 Å². The lowest BCUT2D eigenvalue weighted by molar-refractivity contribution is 0.0117. The number of hydrogen-bond acceptors (Lipinski definition) is 5. The number of hydrogen-bond donors (Lipinski definition) is 2. The van der Waals surface area contributed by atoms with Crippen LogP contribution in [0.3, 0.4) is 0 Å². The van der Waals surface area contributed by atoms with Gasteiger partial charge in [0.2, 0.25) is 0 Å². The van der Waals surface area contributed by atoms with Gasteiger partial charge in [-0.25, -0.2) is 9.97 Å². The third kappa shape index (κ3) is 6.52. The van der Waals surface area contributed by atoms with Gasteiger partial charge in [0, 0.05) is 61.7 Å². The van der Waals surface area contributed by atoms with Crippen LogP contribution in [0.1, 0.15) is 85.4 Å². The monoisotopic (exact) mass is 528 g/mol. The lowest BCUT2D eigenvalue weighted by Gasteiger charge is -2.49. The summed E-state index contributed by atoms with van der Waals surface area (Å²) in [5.41, 5.74) is 2.64. The fraction of sp³-hybridized carbons (Fsp3) is 0.594. The van der Waals surface area contributed by atoms with Gasteiger partial charge in [0.15, 0.2) is 5.78 Å². The van der Waals surface area contributed by atoms with Crippen molar-refractivity contribution in [2.75, 3.05) is 26.2 Å². The van der Waals surface area contributed by atoms with Crippen LogP contribution in [0.4, 0.5) is 0 Å². The van der Waals surface area contributed by atoms with Gasteiger partial charge < -0.3 is 14.9 Å². The van der Waals surface area contributed by atoms with Crippen molar-refractivity contribution < 1.29 is 4.79 Å². The summed E-state index contributed by atoms with van der Waals surface area (Å²) in [5, 5.41) is 0. The van der Waals surface area contributed by atoms with Crippen LogP contribution in [0.25, 0.3) is 0 Å². The lowest BCUT2D eigenvalue weighted by Crippen LogP contribution is -2.49. The van der Waals surface area contributed by atoms with Crippen molar-refractivity contribution in [1.82, 2.24) is 29.7 Å². The summed E-state index contributed by atoms with van der Waals surface area (Å²) in [6, 6.07) is 9.20. The number of benzene rings is 1. The van der Waals surface area contributed by atoms with Crippen molar-refractivity contribution in [3.8, 4) is 0 Å². The van der Waals surface area contributed by atoms with Gasteiger partial charge in [0.1, 0.15) is 11.6 Å². The maximum atomic E-state index is 13.5. The number of imidazole rings is 2. The Morgan fingerprint density at radius 1 is 0.846 bits per heavy atom. The molecule has 1 aromatic carbocycles. The fourth-order valence-electron chi connectivity index (χ4n) is 7.31. The molecule has 1 saturated carbocycles. The van der Waals surface area contributed by atoms with Gasteiger partial charge in [-0.1, -0.05) is 43.5 Å². The predicted octanol–water partition coefficient (Wildman–Crippen LogP) is 5.43. The standard InChI is InChI=1S/C32H44N6O/c39-31(27(22-29-33-14-15-34-29)23-30-35-16-17-36-30)26-8-6-25(7-9-26)24-37-18-10-32(11-19-37)12-20-38(21-13-32)28-4-2-1-3-5-28/h6-9,14-17,27-28H,1-5,10-13,18-24H2,(H,33,34)(H,35,36). The maximum Gasteiger partial charge on any atom is 0.166 e. The summed E-state index contributed by atoms with van der Waals surface area (Å²) in [6.07, 6.45) is 20.9. The van der Waals surface area contributed by atoms with Crippen molar-refractivity contribution >= 4 is 5.78 Å². The van der Waals surface area contributed by atoms with Crippen molar-refractivity contribution in [2.24, 2.45) is 11.3 Å². The Morgan fingerprint density at radius 2 is 1.44 bits per heavy atom. The van der Waals surface area contributed by atoms with E-state index in [4.69, 9.17) is 0 Å². The van der Waals surface area contributed by atoms with Gasteiger partial charge in [0.05, 0.1) is 0 Å². The van der Waals surface area contributed by atoms with Gasteiger partial charge in [-0.05, 0) is 75.7 Å². The molecule has 0 bridgehead atoms. The minimum Gasteiger partial charge on any atom is -0.349 e. The lowest BCUT2D eigenvalue weighted by atomic mass is 9.70. The molecule has 3 aliphatic rings. The molecule has 39 heavy (non-hydrogen) atoms. The molecule has 1 spiro atoms. The van der Waals surface area contributed by atoms with Crippen LogP contribution >= 0.6 is 0 Å². The van der Waals surface area contributed by atoms with E-state index in [-0.39, 0.29) is 11.7 Å². The highest BCUT2D eigenvalue weighted by molar-refractivity contribution is 5.98. The van der Waals surface area contributed by atoms with Crippen LogP contribution in [0.2, 0.25) is 0 Å². The van der Waals surface area contributed by atoms with Crippen molar-refractivity contribution in [1.29, 1.82) is 0 Å². The average Bonchev–Trinajstić information content (AvgIpc) is 3.70. The van der Waals surface area contributed by atoms with Crippen LogP contribution < -0.4 is 0 Å². The molecular formula is C32H44N6O. The molecule has 3 aromatic rings. The molecule has 0 atom stereocenters. The van der Waals surface area contributed by atoms with E-state index in [0.29, 0.717) is 18.3 Å². The number of nitrogens with zero attached hydrogens (tertiary/aromatic N) is 4. The molecule has 0 amide bonds. The van der Waals surface area contributed by atoms with E-state index in [0.717, 1.165) is 29.8 Å². The zero-order valence-corrected chi connectivity index (χ0v) is 23.3. The molecule has 2 saturated heterocycles. The second kappa shape index (κ2) is 12.2. The summed E-state index contributed by atoms with van der Waals surface area (Å²) in [6.45, 7) is 6.00. The minimum absolute atomic E-state index is 0.147. The summed E-state index contributed by atoms with van der Waals surface area (Å²) in [5.74, 6) is 1.60. The van der Waals surface area contributed by atoms with Crippen LogP contribution in [-0.2, 0) is 19.4 Å². The maximum absolute atomic E-state index is 13.5. The highest BCUT2D eigenvalue weighted by atomic mass is 16.1. The molecule has 0 unspecified atom stereocenters. The Hall–Kier alpha value is -2.77. The Bertz CT molecular complexity index is 1110. The van der Waals surface area contributed by atoms with E-state index in [1.165, 1.54) is 89.5 Å². The number of likely N-dealkylation sites (tertiary alicyclic amines) is 2. The Kier molecular flexibility index (Phi) is 8.26. The van der Waals surface area contributed by atoms with Crippen LogP contribution in [0, 0.1) is 11.3 Å². The van der Waals surface area contributed by atoms with Crippen molar-refractivity contribution in [3.63, 3.8) is 0 Å². The second-order valence-corrected chi connectivity index (χ2v) is 12.3.